The SMILES string of the molecule is COc1cc(C(=O)OCc2cn3ccccc3c2C#N)ccc1OCC(=O)Nc1ccc(F)cc1. The van der Waals surface area contributed by atoms with E-state index in [-0.39, 0.29) is 30.3 Å². The van der Waals surface area contributed by atoms with Gasteiger partial charge in [0.25, 0.3) is 5.91 Å². The number of fused-ring (bicyclic) bond motifs is 1. The van der Waals surface area contributed by atoms with Crippen molar-refractivity contribution in [2.45, 2.75) is 6.61 Å². The van der Waals surface area contributed by atoms with E-state index in [2.05, 4.69) is 11.4 Å². The predicted molar refractivity (Wildman–Crippen MR) is 125 cm³/mol. The number of carbonyl (C=O) groups is 2. The lowest BCUT2D eigenvalue weighted by atomic mass is 10.2. The zero-order valence-corrected chi connectivity index (χ0v) is 18.7. The van der Waals surface area contributed by atoms with Crippen molar-refractivity contribution in [1.29, 1.82) is 5.26 Å². The Morgan fingerprint density at radius 1 is 1.09 bits per heavy atom. The summed E-state index contributed by atoms with van der Waals surface area (Å²) in [6.45, 7) is -0.399. The highest BCUT2D eigenvalue weighted by Crippen LogP contribution is 2.29. The van der Waals surface area contributed by atoms with Gasteiger partial charge < -0.3 is 23.9 Å². The van der Waals surface area contributed by atoms with E-state index in [4.69, 9.17) is 14.2 Å². The summed E-state index contributed by atoms with van der Waals surface area (Å²) in [5.74, 6) is -0.973. The number of benzene rings is 2. The summed E-state index contributed by atoms with van der Waals surface area (Å²) in [4.78, 5) is 24.7. The average molecular weight is 473 g/mol. The second-order valence-corrected chi connectivity index (χ2v) is 7.42. The summed E-state index contributed by atoms with van der Waals surface area (Å²) in [6.07, 6.45) is 3.56. The molecule has 0 saturated heterocycles. The number of hydrogen-bond donors (Lipinski definition) is 1. The number of methoxy groups -OCH3 is 1. The summed E-state index contributed by atoms with van der Waals surface area (Å²) in [5.41, 5.74) is 2.41. The molecule has 0 bridgehead atoms. The van der Waals surface area contributed by atoms with Crippen molar-refractivity contribution < 1.29 is 28.2 Å². The highest BCUT2D eigenvalue weighted by Gasteiger charge is 2.16. The molecule has 2 aromatic carbocycles. The van der Waals surface area contributed by atoms with Gasteiger partial charge in [0, 0.05) is 23.6 Å². The van der Waals surface area contributed by atoms with Crippen molar-refractivity contribution in [2.24, 2.45) is 0 Å². The van der Waals surface area contributed by atoms with Crippen LogP contribution in [0.2, 0.25) is 0 Å². The zero-order valence-electron chi connectivity index (χ0n) is 18.7. The minimum atomic E-state index is -0.608. The van der Waals surface area contributed by atoms with Crippen molar-refractivity contribution >= 4 is 23.1 Å². The molecule has 1 N–H and O–H groups in total. The smallest absolute Gasteiger partial charge is 0.338 e. The van der Waals surface area contributed by atoms with Gasteiger partial charge >= 0.3 is 5.97 Å². The minimum Gasteiger partial charge on any atom is -0.493 e. The number of anilines is 1. The van der Waals surface area contributed by atoms with Gasteiger partial charge in [-0.2, -0.15) is 5.26 Å². The van der Waals surface area contributed by atoms with Crippen LogP contribution in [0.3, 0.4) is 0 Å². The molecule has 0 unspecified atom stereocenters. The van der Waals surface area contributed by atoms with Crippen LogP contribution < -0.4 is 14.8 Å². The fraction of sp³-hybridized carbons (Fsp3) is 0.115. The van der Waals surface area contributed by atoms with Crippen LogP contribution in [0.1, 0.15) is 21.5 Å². The molecule has 0 atom stereocenters. The van der Waals surface area contributed by atoms with Crippen LogP contribution in [-0.4, -0.2) is 30.0 Å². The van der Waals surface area contributed by atoms with Gasteiger partial charge in [-0.25, -0.2) is 9.18 Å². The first-order valence-corrected chi connectivity index (χ1v) is 10.5. The fourth-order valence-corrected chi connectivity index (χ4v) is 3.43. The molecule has 2 aromatic heterocycles. The van der Waals surface area contributed by atoms with Crippen LogP contribution in [0.25, 0.3) is 5.52 Å². The molecule has 176 valence electrons. The van der Waals surface area contributed by atoms with Crippen molar-refractivity contribution in [3.8, 4) is 17.6 Å². The minimum absolute atomic E-state index is 0.0759. The Morgan fingerprint density at radius 2 is 1.89 bits per heavy atom. The van der Waals surface area contributed by atoms with Crippen molar-refractivity contribution in [3.63, 3.8) is 0 Å². The number of carbonyl (C=O) groups excluding carboxylic acids is 2. The van der Waals surface area contributed by atoms with Gasteiger partial charge in [0.2, 0.25) is 0 Å². The van der Waals surface area contributed by atoms with E-state index in [0.717, 1.165) is 5.52 Å². The van der Waals surface area contributed by atoms with E-state index in [1.807, 2.05) is 24.4 Å². The fourth-order valence-electron chi connectivity index (χ4n) is 3.43. The van der Waals surface area contributed by atoms with E-state index in [9.17, 15) is 19.2 Å². The van der Waals surface area contributed by atoms with Crippen LogP contribution in [0, 0.1) is 17.1 Å². The lowest BCUT2D eigenvalue weighted by molar-refractivity contribution is -0.118. The van der Waals surface area contributed by atoms with E-state index in [1.165, 1.54) is 49.6 Å². The van der Waals surface area contributed by atoms with Crippen LogP contribution in [0.4, 0.5) is 10.1 Å². The van der Waals surface area contributed by atoms with Crippen LogP contribution in [0.15, 0.2) is 73.1 Å². The van der Waals surface area contributed by atoms with Gasteiger partial charge in [-0.1, -0.05) is 6.07 Å². The molecule has 0 aliphatic carbocycles. The summed E-state index contributed by atoms with van der Waals surface area (Å²) >= 11 is 0. The largest absolute Gasteiger partial charge is 0.493 e. The van der Waals surface area contributed by atoms with Gasteiger partial charge in [0.05, 0.1) is 23.8 Å². The molecule has 0 spiro atoms. The second-order valence-electron chi connectivity index (χ2n) is 7.42. The molecule has 2 heterocycles. The maximum Gasteiger partial charge on any atom is 0.338 e. The molecule has 8 nitrogen and oxygen atoms in total. The molecule has 0 aliphatic rings. The molecule has 0 aliphatic heterocycles. The predicted octanol–water partition coefficient (Wildman–Crippen LogP) is 4.33. The monoisotopic (exact) mass is 473 g/mol. The van der Waals surface area contributed by atoms with E-state index in [0.29, 0.717) is 16.8 Å². The third-order valence-electron chi connectivity index (χ3n) is 5.12. The first-order chi connectivity index (χ1) is 17.0. The highest BCUT2D eigenvalue weighted by atomic mass is 19.1. The Balaban J connectivity index is 1.38. The van der Waals surface area contributed by atoms with Gasteiger partial charge in [-0.15, -0.1) is 0 Å². The van der Waals surface area contributed by atoms with E-state index >= 15 is 0 Å². The number of pyridine rings is 1. The molecule has 4 rings (SSSR count). The number of halogens is 1. The van der Waals surface area contributed by atoms with E-state index in [1.54, 1.807) is 10.6 Å². The maximum absolute atomic E-state index is 13.0. The third kappa shape index (κ3) is 5.39. The summed E-state index contributed by atoms with van der Waals surface area (Å²) in [5, 5.41) is 12.1. The first kappa shape index (κ1) is 23.3. The lowest BCUT2D eigenvalue weighted by Gasteiger charge is -2.12. The summed E-state index contributed by atoms with van der Waals surface area (Å²) < 4.78 is 31.0. The van der Waals surface area contributed by atoms with E-state index < -0.39 is 17.7 Å². The molecule has 35 heavy (non-hydrogen) atoms. The molecule has 4 aromatic rings. The topological polar surface area (TPSA) is 102 Å². The molecule has 1 amide bonds. The number of aromatic nitrogens is 1. The highest BCUT2D eigenvalue weighted by molar-refractivity contribution is 5.92. The van der Waals surface area contributed by atoms with Crippen LogP contribution in [0.5, 0.6) is 11.5 Å². The standard InChI is InChI=1S/C26H20FN3O5/c1-33-24-12-17(5-10-23(24)34-16-25(31)29-20-8-6-19(27)7-9-20)26(32)35-15-18-14-30-11-3-2-4-22(30)21(18)13-28/h2-12,14H,15-16H2,1H3,(H,29,31). The molecule has 0 fully saturated rings. The second kappa shape index (κ2) is 10.4. The Kier molecular flexibility index (Phi) is 6.93. The quantitative estimate of drug-likeness (QED) is 0.382. The Bertz CT molecular complexity index is 1420. The Hall–Kier alpha value is -4.84. The zero-order chi connectivity index (χ0) is 24.8. The van der Waals surface area contributed by atoms with Gasteiger partial charge in [0.15, 0.2) is 18.1 Å². The molecular weight excluding hydrogens is 453 g/mol. The summed E-state index contributed by atoms with van der Waals surface area (Å²) in [6, 6.07) is 17.4. The number of esters is 1. The Morgan fingerprint density at radius 3 is 2.63 bits per heavy atom. The number of nitriles is 1. The van der Waals surface area contributed by atoms with Crippen LogP contribution in [-0.2, 0) is 16.1 Å². The number of rotatable bonds is 8. The molecule has 9 heteroatoms. The number of nitrogens with zero attached hydrogens (tertiary/aromatic N) is 2. The van der Waals surface area contributed by atoms with Gasteiger partial charge in [-0.05, 0) is 54.6 Å². The van der Waals surface area contributed by atoms with Crippen molar-refractivity contribution in [1.82, 2.24) is 4.40 Å². The molecule has 0 saturated carbocycles. The van der Waals surface area contributed by atoms with Gasteiger partial charge in [0.1, 0.15) is 18.5 Å². The third-order valence-corrected chi connectivity index (χ3v) is 5.12. The maximum atomic E-state index is 13.0. The number of ether oxygens (including phenoxy) is 3. The normalized spacial score (nSPS) is 10.4. The van der Waals surface area contributed by atoms with Crippen LogP contribution >= 0.6 is 0 Å². The molecule has 0 radical (unpaired) electrons. The summed E-state index contributed by atoms with van der Waals surface area (Å²) in [7, 11) is 1.40. The molecular formula is C26H20FN3O5. The van der Waals surface area contributed by atoms with Crippen molar-refractivity contribution in [3.05, 3.63) is 95.6 Å². The first-order valence-electron chi connectivity index (χ1n) is 10.5. The number of hydrogen-bond acceptors (Lipinski definition) is 6. The Labute approximate surface area is 200 Å². The van der Waals surface area contributed by atoms with Gasteiger partial charge in [-0.3, -0.25) is 4.79 Å². The van der Waals surface area contributed by atoms with Crippen molar-refractivity contribution in [2.75, 3.05) is 19.0 Å². The lowest BCUT2D eigenvalue weighted by Crippen LogP contribution is -2.20. The number of nitrogens with one attached hydrogen (secondary N) is 1. The number of amides is 1. The average Bonchev–Trinajstić information content (AvgIpc) is 3.24.